The first-order valence-corrected chi connectivity index (χ1v) is 14.4. The van der Waals surface area contributed by atoms with Gasteiger partial charge < -0.3 is 14.6 Å². The van der Waals surface area contributed by atoms with Crippen molar-refractivity contribution in [2.75, 3.05) is 0 Å². The molecular formula is C34H34N2O3. The van der Waals surface area contributed by atoms with E-state index in [2.05, 4.69) is 41.4 Å². The molecule has 0 bridgehead atoms. The Hall–Kier alpha value is -3.86. The summed E-state index contributed by atoms with van der Waals surface area (Å²) in [6.07, 6.45) is 9.40. The lowest BCUT2D eigenvalue weighted by molar-refractivity contribution is 0.194. The fourth-order valence-corrected chi connectivity index (χ4v) is 6.62. The highest BCUT2D eigenvalue weighted by Gasteiger charge is 2.36. The maximum Gasteiger partial charge on any atom is 0.219 e. The van der Waals surface area contributed by atoms with Crippen molar-refractivity contribution in [3.05, 3.63) is 94.5 Å². The van der Waals surface area contributed by atoms with Crippen molar-refractivity contribution in [3.63, 3.8) is 0 Å². The standard InChI is InChI=1S/C34H34N2O3/c1-21-16-24-14-15-31(36-32(24)30(37)17-21)38-27-19-25(22-8-3-2-4-9-22)18-26(20-27)34-35-29-13-7-11-23-10-5-6-12-28(23)33(29)39-34/h5-6,10,12,14-20,22,29,33,37H,2-4,7-9,11,13H2,1H3/t29-,33+/m0/s1. The molecule has 2 aliphatic carbocycles. The molecule has 0 spiro atoms. The van der Waals surface area contributed by atoms with Crippen LogP contribution in [0, 0.1) is 6.92 Å². The molecule has 2 atom stereocenters. The van der Waals surface area contributed by atoms with Crippen LogP contribution in [0.5, 0.6) is 17.4 Å². The van der Waals surface area contributed by atoms with Crippen LogP contribution in [0.4, 0.5) is 0 Å². The topological polar surface area (TPSA) is 63.9 Å². The fraction of sp³-hybridized carbons (Fsp3) is 0.353. The number of aliphatic imine (C=N–C) groups is 1. The van der Waals surface area contributed by atoms with Crippen LogP contribution in [0.15, 0.2) is 71.7 Å². The molecule has 1 fully saturated rings. The summed E-state index contributed by atoms with van der Waals surface area (Å²) in [6, 6.07) is 22.8. The number of nitrogens with zero attached hydrogens (tertiary/aromatic N) is 2. The van der Waals surface area contributed by atoms with E-state index in [4.69, 9.17) is 14.5 Å². The van der Waals surface area contributed by atoms with Crippen LogP contribution >= 0.6 is 0 Å². The first-order chi connectivity index (χ1) is 19.1. The molecule has 0 radical (unpaired) electrons. The van der Waals surface area contributed by atoms with Gasteiger partial charge in [-0.2, -0.15) is 0 Å². The van der Waals surface area contributed by atoms with Gasteiger partial charge in [0.15, 0.2) is 0 Å². The van der Waals surface area contributed by atoms with Crippen molar-refractivity contribution in [3.8, 4) is 17.4 Å². The minimum Gasteiger partial charge on any atom is -0.506 e. The zero-order chi connectivity index (χ0) is 26.3. The number of hydrogen-bond acceptors (Lipinski definition) is 5. The highest BCUT2D eigenvalue weighted by Crippen LogP contribution is 2.41. The number of hydrogen-bond donors (Lipinski definition) is 1. The molecule has 5 heteroatoms. The molecule has 4 aromatic rings. The molecule has 0 amide bonds. The number of phenolic OH excluding ortho intramolecular Hbond substituents is 1. The van der Waals surface area contributed by atoms with Crippen LogP contribution in [-0.2, 0) is 11.2 Å². The number of ether oxygens (including phenoxy) is 2. The summed E-state index contributed by atoms with van der Waals surface area (Å²) in [6.45, 7) is 1.96. The van der Waals surface area contributed by atoms with E-state index >= 15 is 0 Å². The van der Waals surface area contributed by atoms with Gasteiger partial charge in [0.2, 0.25) is 11.8 Å². The van der Waals surface area contributed by atoms with Crippen LogP contribution in [0.1, 0.15) is 84.8 Å². The number of phenols is 1. The minimum atomic E-state index is -0.0324. The predicted molar refractivity (Wildman–Crippen MR) is 154 cm³/mol. The maximum absolute atomic E-state index is 10.5. The number of pyridine rings is 1. The molecule has 2 heterocycles. The van der Waals surface area contributed by atoms with E-state index < -0.39 is 0 Å². The summed E-state index contributed by atoms with van der Waals surface area (Å²) in [4.78, 5) is 9.77. The van der Waals surface area contributed by atoms with Gasteiger partial charge in [-0.15, -0.1) is 0 Å². The lowest BCUT2D eigenvalue weighted by Crippen LogP contribution is -2.13. The molecule has 3 aliphatic rings. The Bertz CT molecular complexity index is 1570. The van der Waals surface area contributed by atoms with Crippen LogP contribution in [0.2, 0.25) is 0 Å². The normalized spacial score (nSPS) is 21.0. The quantitative estimate of drug-likeness (QED) is 0.295. The molecular weight excluding hydrogens is 484 g/mol. The summed E-state index contributed by atoms with van der Waals surface area (Å²) in [5.74, 6) is 2.57. The third-order valence-corrected chi connectivity index (χ3v) is 8.54. The number of aromatic nitrogens is 1. The Morgan fingerprint density at radius 3 is 2.67 bits per heavy atom. The van der Waals surface area contributed by atoms with Crippen molar-refractivity contribution in [2.45, 2.75) is 76.4 Å². The van der Waals surface area contributed by atoms with Gasteiger partial charge in [-0.1, -0.05) is 43.5 Å². The van der Waals surface area contributed by atoms with Crippen LogP contribution in [0.25, 0.3) is 10.9 Å². The van der Waals surface area contributed by atoms with Crippen LogP contribution in [0.3, 0.4) is 0 Å². The average Bonchev–Trinajstić information content (AvgIpc) is 3.30. The Morgan fingerprint density at radius 1 is 0.897 bits per heavy atom. The first-order valence-electron chi connectivity index (χ1n) is 14.4. The molecule has 1 N–H and O–H groups in total. The second-order valence-electron chi connectivity index (χ2n) is 11.4. The van der Waals surface area contributed by atoms with Gasteiger partial charge in [-0.3, -0.25) is 0 Å². The lowest BCUT2D eigenvalue weighted by Gasteiger charge is -2.23. The van der Waals surface area contributed by atoms with Crippen molar-refractivity contribution in [2.24, 2.45) is 4.99 Å². The molecule has 1 aliphatic heterocycles. The van der Waals surface area contributed by atoms with Crippen molar-refractivity contribution < 1.29 is 14.6 Å². The third-order valence-electron chi connectivity index (χ3n) is 8.54. The van der Waals surface area contributed by atoms with E-state index in [9.17, 15) is 5.11 Å². The minimum absolute atomic E-state index is 0.0324. The Labute approximate surface area is 229 Å². The second kappa shape index (κ2) is 10.0. The van der Waals surface area contributed by atoms with Crippen molar-refractivity contribution in [1.29, 1.82) is 0 Å². The zero-order valence-electron chi connectivity index (χ0n) is 22.4. The van der Waals surface area contributed by atoms with Gasteiger partial charge >= 0.3 is 0 Å². The molecule has 1 aromatic heterocycles. The van der Waals surface area contributed by atoms with E-state index in [1.54, 1.807) is 6.07 Å². The fourth-order valence-electron chi connectivity index (χ4n) is 6.62. The van der Waals surface area contributed by atoms with E-state index in [-0.39, 0.29) is 17.9 Å². The monoisotopic (exact) mass is 518 g/mol. The highest BCUT2D eigenvalue weighted by molar-refractivity contribution is 5.96. The molecule has 198 valence electrons. The van der Waals surface area contributed by atoms with Gasteiger partial charge in [-0.25, -0.2) is 9.98 Å². The second-order valence-corrected chi connectivity index (χ2v) is 11.4. The molecule has 7 rings (SSSR count). The lowest BCUT2D eigenvalue weighted by atomic mass is 9.83. The summed E-state index contributed by atoms with van der Waals surface area (Å²) in [5, 5.41) is 11.4. The Kier molecular flexibility index (Phi) is 6.22. The number of aromatic hydroxyl groups is 1. The summed E-state index contributed by atoms with van der Waals surface area (Å²) in [5.41, 5.74) is 6.44. The molecule has 3 aromatic carbocycles. The SMILES string of the molecule is Cc1cc(O)c2nc(Oc3cc(C4=N[C@H]5CCCc6ccccc6[C@H]5O4)cc(C4CCCCC4)c3)ccc2c1. The largest absolute Gasteiger partial charge is 0.506 e. The van der Waals surface area contributed by atoms with Crippen molar-refractivity contribution in [1.82, 2.24) is 4.98 Å². The maximum atomic E-state index is 10.5. The summed E-state index contributed by atoms with van der Waals surface area (Å²) in [7, 11) is 0. The van der Waals surface area contributed by atoms with Crippen molar-refractivity contribution >= 4 is 16.8 Å². The molecule has 5 nitrogen and oxygen atoms in total. The molecule has 0 saturated heterocycles. The Balaban J connectivity index is 1.25. The van der Waals surface area contributed by atoms with E-state index in [0.29, 0.717) is 23.2 Å². The predicted octanol–water partition coefficient (Wildman–Crippen LogP) is 8.31. The van der Waals surface area contributed by atoms with Gasteiger partial charge in [0, 0.05) is 17.0 Å². The summed E-state index contributed by atoms with van der Waals surface area (Å²) < 4.78 is 13.0. The van der Waals surface area contributed by atoms with Crippen LogP contribution in [-0.4, -0.2) is 22.0 Å². The smallest absolute Gasteiger partial charge is 0.219 e. The zero-order valence-corrected chi connectivity index (χ0v) is 22.4. The number of aryl methyl sites for hydroxylation is 2. The molecule has 0 unspecified atom stereocenters. The Morgan fingerprint density at radius 2 is 1.77 bits per heavy atom. The summed E-state index contributed by atoms with van der Waals surface area (Å²) >= 11 is 0. The first kappa shape index (κ1) is 24.2. The van der Waals surface area contributed by atoms with Gasteiger partial charge in [-0.05, 0) is 104 Å². The van der Waals surface area contributed by atoms with Gasteiger partial charge in [0.1, 0.15) is 23.1 Å². The molecule has 1 saturated carbocycles. The molecule has 39 heavy (non-hydrogen) atoms. The van der Waals surface area contributed by atoms with Gasteiger partial charge in [0.25, 0.3) is 0 Å². The third kappa shape index (κ3) is 4.75. The average molecular weight is 519 g/mol. The van der Waals surface area contributed by atoms with E-state index in [0.717, 1.165) is 41.5 Å². The number of benzene rings is 3. The highest BCUT2D eigenvalue weighted by atomic mass is 16.5. The number of fused-ring (bicyclic) bond motifs is 4. The van der Waals surface area contributed by atoms with E-state index in [1.165, 1.54) is 48.8 Å². The van der Waals surface area contributed by atoms with Crippen LogP contribution < -0.4 is 4.74 Å². The van der Waals surface area contributed by atoms with Gasteiger partial charge in [0.05, 0.1) is 6.04 Å². The number of rotatable bonds is 4. The van der Waals surface area contributed by atoms with E-state index in [1.807, 2.05) is 31.2 Å².